The van der Waals surface area contributed by atoms with Gasteiger partial charge >= 0.3 is 5.97 Å². The third-order valence-corrected chi connectivity index (χ3v) is 4.27. The first-order chi connectivity index (χ1) is 13.5. The summed E-state index contributed by atoms with van der Waals surface area (Å²) in [6.07, 6.45) is 1.55. The van der Waals surface area contributed by atoms with Crippen molar-refractivity contribution in [1.82, 2.24) is 0 Å². The smallest absolute Gasteiger partial charge is 0.363 e. The van der Waals surface area contributed by atoms with Crippen molar-refractivity contribution in [3.63, 3.8) is 0 Å². The van der Waals surface area contributed by atoms with Crippen LogP contribution in [0.25, 0.3) is 6.08 Å². The Morgan fingerprint density at radius 2 is 1.61 bits per heavy atom. The molecule has 1 aliphatic rings. The van der Waals surface area contributed by atoms with Crippen LogP contribution in [0.15, 0.2) is 41.0 Å². The number of esters is 1. The number of ether oxygens (including phenoxy) is 5. The van der Waals surface area contributed by atoms with E-state index in [1.165, 1.54) is 28.4 Å². The van der Waals surface area contributed by atoms with Crippen molar-refractivity contribution in [3.8, 4) is 23.0 Å². The fraction of sp³-hybridized carbons (Fsp3) is 0.200. The van der Waals surface area contributed by atoms with Gasteiger partial charge in [-0.2, -0.15) is 0 Å². The number of halogens is 1. The molecule has 0 N–H and O–H groups in total. The molecule has 0 bridgehead atoms. The van der Waals surface area contributed by atoms with E-state index in [0.29, 0.717) is 39.1 Å². The lowest BCUT2D eigenvalue weighted by Gasteiger charge is -2.14. The molecule has 0 fully saturated rings. The highest BCUT2D eigenvalue weighted by atomic mass is 35.5. The number of hydrogen-bond acceptors (Lipinski definition) is 7. The van der Waals surface area contributed by atoms with E-state index >= 15 is 0 Å². The normalized spacial score (nSPS) is 14.5. The highest BCUT2D eigenvalue weighted by Crippen LogP contribution is 2.41. The van der Waals surface area contributed by atoms with Gasteiger partial charge in [0.25, 0.3) is 0 Å². The van der Waals surface area contributed by atoms with E-state index in [4.69, 9.17) is 35.3 Å². The molecular formula is C20H18ClNO6. The van der Waals surface area contributed by atoms with Crippen molar-refractivity contribution in [2.45, 2.75) is 0 Å². The first-order valence-corrected chi connectivity index (χ1v) is 8.55. The van der Waals surface area contributed by atoms with Gasteiger partial charge < -0.3 is 23.7 Å². The fourth-order valence-electron chi connectivity index (χ4n) is 2.76. The van der Waals surface area contributed by atoms with E-state index in [-0.39, 0.29) is 11.6 Å². The number of aliphatic imine (C=N–C) groups is 1. The van der Waals surface area contributed by atoms with Crippen LogP contribution < -0.4 is 18.9 Å². The highest BCUT2D eigenvalue weighted by molar-refractivity contribution is 6.31. The summed E-state index contributed by atoms with van der Waals surface area (Å²) in [6.45, 7) is 0. The zero-order valence-corrected chi connectivity index (χ0v) is 16.5. The summed E-state index contributed by atoms with van der Waals surface area (Å²) in [5.74, 6) is 1.31. The molecule has 0 aromatic heterocycles. The molecule has 0 saturated carbocycles. The minimum atomic E-state index is -0.603. The molecule has 3 rings (SSSR count). The molecule has 0 amide bonds. The van der Waals surface area contributed by atoms with Crippen LogP contribution in [0.4, 0.5) is 0 Å². The predicted molar refractivity (Wildman–Crippen MR) is 105 cm³/mol. The monoisotopic (exact) mass is 403 g/mol. The SMILES string of the molecule is COc1ccc(Cl)cc1C1=NC(=Cc2ccc(OC)c(OC)c2OC)C(=O)O1. The van der Waals surface area contributed by atoms with Crippen LogP contribution in [0, 0.1) is 0 Å². The van der Waals surface area contributed by atoms with Crippen LogP contribution >= 0.6 is 11.6 Å². The first-order valence-electron chi connectivity index (χ1n) is 8.17. The largest absolute Gasteiger partial charge is 0.496 e. The molecule has 0 radical (unpaired) electrons. The van der Waals surface area contributed by atoms with Gasteiger partial charge in [-0.1, -0.05) is 11.6 Å². The number of carbonyl (C=O) groups excluding carboxylic acids is 1. The van der Waals surface area contributed by atoms with Gasteiger partial charge in [-0.25, -0.2) is 9.79 Å². The van der Waals surface area contributed by atoms with Gasteiger partial charge in [-0.05, 0) is 36.4 Å². The minimum absolute atomic E-state index is 0.0996. The summed E-state index contributed by atoms with van der Waals surface area (Å²) >= 11 is 6.05. The second-order valence-electron chi connectivity index (χ2n) is 5.60. The molecule has 0 spiro atoms. The summed E-state index contributed by atoms with van der Waals surface area (Å²) in [7, 11) is 6.04. The molecule has 1 heterocycles. The molecule has 28 heavy (non-hydrogen) atoms. The Morgan fingerprint density at radius 1 is 0.929 bits per heavy atom. The number of benzene rings is 2. The molecule has 7 nitrogen and oxygen atoms in total. The van der Waals surface area contributed by atoms with Crippen LogP contribution in [0.2, 0.25) is 5.02 Å². The summed E-state index contributed by atoms with van der Waals surface area (Å²) in [5.41, 5.74) is 1.16. The van der Waals surface area contributed by atoms with Gasteiger partial charge in [-0.3, -0.25) is 0 Å². The summed E-state index contributed by atoms with van der Waals surface area (Å²) < 4.78 is 26.7. The molecular weight excluding hydrogens is 386 g/mol. The molecule has 0 atom stereocenters. The summed E-state index contributed by atoms with van der Waals surface area (Å²) in [6, 6.07) is 8.40. The van der Waals surface area contributed by atoms with Crippen molar-refractivity contribution in [2.24, 2.45) is 4.99 Å². The molecule has 8 heteroatoms. The highest BCUT2D eigenvalue weighted by Gasteiger charge is 2.27. The zero-order valence-electron chi connectivity index (χ0n) is 15.7. The first kappa shape index (κ1) is 19.6. The molecule has 0 unspecified atom stereocenters. The van der Waals surface area contributed by atoms with Crippen molar-refractivity contribution < 1.29 is 28.5 Å². The number of cyclic esters (lactones) is 1. The van der Waals surface area contributed by atoms with Crippen LogP contribution in [-0.2, 0) is 9.53 Å². The summed E-state index contributed by atoms with van der Waals surface area (Å²) in [4.78, 5) is 16.6. The Kier molecular flexibility index (Phi) is 5.75. The van der Waals surface area contributed by atoms with Crippen LogP contribution in [0.1, 0.15) is 11.1 Å². The maximum atomic E-state index is 12.3. The Hall–Kier alpha value is -3.19. The standard InChI is InChI=1S/C20H18ClNO6/c1-24-15-8-6-12(21)10-13(15)19-22-14(20(23)28-19)9-11-5-7-16(25-2)18(27-4)17(11)26-3/h5-10H,1-4H3. The average Bonchev–Trinajstić information content (AvgIpc) is 3.07. The number of rotatable bonds is 6. The Morgan fingerprint density at radius 3 is 2.25 bits per heavy atom. The van der Waals surface area contributed by atoms with E-state index in [0.717, 1.165) is 0 Å². The van der Waals surface area contributed by atoms with E-state index in [2.05, 4.69) is 4.99 Å². The Labute approximate surface area is 167 Å². The number of methoxy groups -OCH3 is 4. The van der Waals surface area contributed by atoms with Gasteiger partial charge in [0, 0.05) is 10.6 Å². The van der Waals surface area contributed by atoms with Crippen molar-refractivity contribution in [2.75, 3.05) is 28.4 Å². The third kappa shape index (κ3) is 3.61. The Bertz CT molecular complexity index is 983. The minimum Gasteiger partial charge on any atom is -0.496 e. The predicted octanol–water partition coefficient (Wildman–Crippen LogP) is 3.72. The number of nitrogens with zero attached hydrogens (tertiary/aromatic N) is 1. The van der Waals surface area contributed by atoms with Gasteiger partial charge in [0.15, 0.2) is 17.2 Å². The maximum absolute atomic E-state index is 12.3. The van der Waals surface area contributed by atoms with E-state index < -0.39 is 5.97 Å². The van der Waals surface area contributed by atoms with Crippen molar-refractivity contribution in [1.29, 1.82) is 0 Å². The van der Waals surface area contributed by atoms with Crippen molar-refractivity contribution in [3.05, 3.63) is 52.2 Å². The molecule has 2 aromatic carbocycles. The molecule has 1 aliphatic heterocycles. The van der Waals surface area contributed by atoms with E-state index in [1.54, 1.807) is 36.4 Å². The number of carbonyl (C=O) groups is 1. The van der Waals surface area contributed by atoms with Gasteiger partial charge in [0.05, 0.1) is 34.0 Å². The van der Waals surface area contributed by atoms with E-state index in [9.17, 15) is 4.79 Å². The second-order valence-corrected chi connectivity index (χ2v) is 6.04. The quantitative estimate of drug-likeness (QED) is 0.540. The van der Waals surface area contributed by atoms with Crippen LogP contribution in [0.5, 0.6) is 23.0 Å². The maximum Gasteiger partial charge on any atom is 0.363 e. The summed E-state index contributed by atoms with van der Waals surface area (Å²) in [5, 5.41) is 0.466. The lowest BCUT2D eigenvalue weighted by atomic mass is 10.1. The third-order valence-electron chi connectivity index (χ3n) is 4.04. The zero-order chi connectivity index (χ0) is 20.3. The lowest BCUT2D eigenvalue weighted by molar-refractivity contribution is -0.129. The van der Waals surface area contributed by atoms with Crippen LogP contribution in [-0.4, -0.2) is 40.3 Å². The topological polar surface area (TPSA) is 75.6 Å². The van der Waals surface area contributed by atoms with Crippen molar-refractivity contribution >= 4 is 29.5 Å². The van der Waals surface area contributed by atoms with E-state index in [1.807, 2.05) is 0 Å². The lowest BCUT2D eigenvalue weighted by Crippen LogP contribution is -2.07. The van der Waals surface area contributed by atoms with Gasteiger partial charge in [0.1, 0.15) is 5.75 Å². The molecule has 0 saturated heterocycles. The average molecular weight is 404 g/mol. The van der Waals surface area contributed by atoms with Gasteiger partial charge in [-0.15, -0.1) is 0 Å². The second kappa shape index (κ2) is 8.22. The fourth-order valence-corrected chi connectivity index (χ4v) is 2.93. The molecule has 0 aliphatic carbocycles. The number of hydrogen-bond donors (Lipinski definition) is 0. The van der Waals surface area contributed by atoms with Gasteiger partial charge in [0.2, 0.25) is 11.6 Å². The Balaban J connectivity index is 2.07. The molecule has 2 aromatic rings. The molecule has 146 valence electrons. The van der Waals surface area contributed by atoms with Crippen LogP contribution in [0.3, 0.4) is 0 Å².